The predicted octanol–water partition coefficient (Wildman–Crippen LogP) is 3.10. The molecule has 5 aromatic rings. The fourth-order valence-corrected chi connectivity index (χ4v) is 3.81. The number of anilines is 1. The monoisotopic (exact) mass is 411 g/mol. The number of aryl methyl sites for hydroxylation is 2. The van der Waals surface area contributed by atoms with E-state index >= 15 is 0 Å². The Kier molecular flexibility index (Phi) is 4.28. The third kappa shape index (κ3) is 2.95. The van der Waals surface area contributed by atoms with Gasteiger partial charge in [0.2, 0.25) is 5.95 Å². The largest absolute Gasteiger partial charge is 0.347 e. The van der Waals surface area contributed by atoms with Gasteiger partial charge in [-0.2, -0.15) is 0 Å². The Bertz CT molecular complexity index is 1500. The van der Waals surface area contributed by atoms with Crippen LogP contribution in [0.25, 0.3) is 38.8 Å². The second-order valence-electron chi connectivity index (χ2n) is 7.68. The van der Waals surface area contributed by atoms with Crippen LogP contribution in [0, 0.1) is 6.92 Å². The first kappa shape index (κ1) is 18.9. The van der Waals surface area contributed by atoms with E-state index in [4.69, 9.17) is 0 Å². The summed E-state index contributed by atoms with van der Waals surface area (Å²) in [6.45, 7) is 1.90. The highest BCUT2D eigenvalue weighted by atomic mass is 16.1. The average Bonchev–Trinajstić information content (AvgIpc) is 3.04. The Morgan fingerprint density at radius 1 is 0.935 bits per heavy atom. The molecule has 154 valence electrons. The highest BCUT2D eigenvalue weighted by molar-refractivity contribution is 6.04. The van der Waals surface area contributed by atoms with Crippen molar-refractivity contribution >= 4 is 27.9 Å². The van der Waals surface area contributed by atoms with Gasteiger partial charge in [-0.3, -0.25) is 19.1 Å². The summed E-state index contributed by atoms with van der Waals surface area (Å²) >= 11 is 0. The lowest BCUT2D eigenvalue weighted by Crippen LogP contribution is -2.21. The van der Waals surface area contributed by atoms with Gasteiger partial charge in [-0.15, -0.1) is 0 Å². The number of benzene rings is 1. The molecule has 0 aliphatic carbocycles. The minimum Gasteiger partial charge on any atom is -0.347 e. The highest BCUT2D eigenvalue weighted by Gasteiger charge is 2.18. The van der Waals surface area contributed by atoms with Crippen LogP contribution >= 0.6 is 0 Å². The number of fused-ring (bicyclic) bond motifs is 3. The molecule has 0 saturated heterocycles. The minimum atomic E-state index is -0.135. The summed E-state index contributed by atoms with van der Waals surface area (Å²) in [4.78, 5) is 32.9. The lowest BCUT2D eigenvalue weighted by Gasteiger charge is -2.11. The van der Waals surface area contributed by atoms with Crippen LogP contribution in [-0.4, -0.2) is 43.2 Å². The molecule has 4 heterocycles. The van der Waals surface area contributed by atoms with Gasteiger partial charge in [0.05, 0.1) is 34.1 Å². The van der Waals surface area contributed by atoms with Crippen molar-refractivity contribution in [3.63, 3.8) is 0 Å². The van der Waals surface area contributed by atoms with Gasteiger partial charge in [0, 0.05) is 50.7 Å². The maximum absolute atomic E-state index is 13.2. The van der Waals surface area contributed by atoms with Crippen molar-refractivity contribution in [2.45, 2.75) is 6.92 Å². The van der Waals surface area contributed by atoms with Crippen LogP contribution in [0.5, 0.6) is 0 Å². The second-order valence-corrected chi connectivity index (χ2v) is 7.68. The molecule has 8 nitrogen and oxygen atoms in total. The van der Waals surface area contributed by atoms with Crippen molar-refractivity contribution in [1.82, 2.24) is 29.1 Å². The zero-order valence-corrected chi connectivity index (χ0v) is 17.7. The fourth-order valence-electron chi connectivity index (χ4n) is 3.81. The maximum atomic E-state index is 13.2. The number of hydrogen-bond acceptors (Lipinski definition) is 6. The second kappa shape index (κ2) is 7.02. The van der Waals surface area contributed by atoms with Gasteiger partial charge in [-0.25, -0.2) is 14.8 Å². The Hall–Kier alpha value is -4.07. The van der Waals surface area contributed by atoms with Gasteiger partial charge >= 0.3 is 5.69 Å². The van der Waals surface area contributed by atoms with Gasteiger partial charge in [0.15, 0.2) is 0 Å². The molecule has 0 unspecified atom stereocenters. The first-order chi connectivity index (χ1) is 15.0. The quantitative estimate of drug-likeness (QED) is 0.454. The molecule has 0 atom stereocenters. The van der Waals surface area contributed by atoms with Gasteiger partial charge in [0.1, 0.15) is 0 Å². The Labute approximate surface area is 178 Å². The number of pyridine rings is 2. The first-order valence-electron chi connectivity index (χ1n) is 9.87. The maximum Gasteiger partial charge on any atom is 0.333 e. The molecule has 4 aromatic heterocycles. The van der Waals surface area contributed by atoms with E-state index < -0.39 is 0 Å². The molecule has 0 fully saturated rings. The van der Waals surface area contributed by atoms with Crippen molar-refractivity contribution < 1.29 is 0 Å². The summed E-state index contributed by atoms with van der Waals surface area (Å²) in [7, 11) is 5.57. The smallest absolute Gasteiger partial charge is 0.333 e. The van der Waals surface area contributed by atoms with E-state index in [1.807, 2.05) is 56.3 Å². The van der Waals surface area contributed by atoms with Crippen molar-refractivity contribution in [1.29, 1.82) is 0 Å². The molecule has 0 radical (unpaired) electrons. The van der Waals surface area contributed by atoms with Crippen molar-refractivity contribution in [2.75, 3.05) is 19.0 Å². The summed E-state index contributed by atoms with van der Waals surface area (Å²) in [6, 6.07) is 9.75. The van der Waals surface area contributed by atoms with E-state index in [1.165, 1.54) is 0 Å². The van der Waals surface area contributed by atoms with Crippen LogP contribution in [0.2, 0.25) is 0 Å². The van der Waals surface area contributed by atoms with Gasteiger partial charge in [0.25, 0.3) is 0 Å². The molecule has 1 aromatic carbocycles. The number of nitrogens with zero attached hydrogens (tertiary/aromatic N) is 7. The molecular weight excluding hydrogens is 390 g/mol. The molecule has 0 amide bonds. The Balaban J connectivity index is 1.81. The highest BCUT2D eigenvalue weighted by Crippen LogP contribution is 2.30. The van der Waals surface area contributed by atoms with E-state index in [9.17, 15) is 4.79 Å². The number of imidazole rings is 1. The third-order valence-electron chi connectivity index (χ3n) is 5.47. The van der Waals surface area contributed by atoms with Gasteiger partial charge in [-0.1, -0.05) is 6.07 Å². The normalized spacial score (nSPS) is 11.4. The van der Waals surface area contributed by atoms with E-state index in [0.717, 1.165) is 44.4 Å². The minimum absolute atomic E-state index is 0.135. The van der Waals surface area contributed by atoms with E-state index in [-0.39, 0.29) is 5.69 Å². The van der Waals surface area contributed by atoms with Crippen LogP contribution < -0.4 is 10.6 Å². The van der Waals surface area contributed by atoms with Gasteiger partial charge in [-0.05, 0) is 36.8 Å². The summed E-state index contributed by atoms with van der Waals surface area (Å²) in [5.74, 6) is 0.651. The lowest BCUT2D eigenvalue weighted by atomic mass is 10.1. The standard InChI is InChI=1S/C23H21N7O/c1-14-19(6-5-9-24-14)30-21-17-10-15(16-11-26-22(27-12-16)28(2)3)7-8-18(17)25-13-20(21)29(4)23(30)31/h5-13H,1-4H3. The van der Waals surface area contributed by atoms with Crippen LogP contribution in [-0.2, 0) is 7.05 Å². The Morgan fingerprint density at radius 3 is 2.42 bits per heavy atom. The Morgan fingerprint density at radius 2 is 1.71 bits per heavy atom. The number of hydrogen-bond donors (Lipinski definition) is 0. The molecule has 0 saturated carbocycles. The topological polar surface area (TPSA) is 81.7 Å². The first-order valence-corrected chi connectivity index (χ1v) is 9.87. The third-order valence-corrected chi connectivity index (χ3v) is 5.47. The van der Waals surface area contributed by atoms with Crippen molar-refractivity contribution in [3.05, 3.63) is 71.3 Å². The predicted molar refractivity (Wildman–Crippen MR) is 122 cm³/mol. The summed E-state index contributed by atoms with van der Waals surface area (Å²) in [6.07, 6.45) is 7.08. The average molecular weight is 411 g/mol. The molecule has 0 aliphatic heterocycles. The SMILES string of the molecule is Cc1ncccc1-n1c(=O)n(C)c2cnc3ccc(-c4cnc(N(C)C)nc4)cc3c21. The van der Waals surface area contributed by atoms with Crippen LogP contribution in [0.1, 0.15) is 5.69 Å². The van der Waals surface area contributed by atoms with Crippen molar-refractivity contribution in [2.24, 2.45) is 7.05 Å². The molecule has 8 heteroatoms. The molecular formula is C23H21N7O. The molecule has 31 heavy (non-hydrogen) atoms. The molecule has 0 N–H and O–H groups in total. The summed E-state index contributed by atoms with van der Waals surface area (Å²) in [5.41, 5.74) is 5.64. The van der Waals surface area contributed by atoms with Crippen LogP contribution in [0.15, 0.2) is 59.9 Å². The zero-order valence-electron chi connectivity index (χ0n) is 17.7. The summed E-state index contributed by atoms with van der Waals surface area (Å²) < 4.78 is 3.34. The van der Waals surface area contributed by atoms with E-state index in [0.29, 0.717) is 5.95 Å². The van der Waals surface area contributed by atoms with Crippen LogP contribution in [0.3, 0.4) is 0 Å². The van der Waals surface area contributed by atoms with Gasteiger partial charge < -0.3 is 4.90 Å². The van der Waals surface area contributed by atoms with E-state index in [1.54, 1.807) is 41.0 Å². The summed E-state index contributed by atoms with van der Waals surface area (Å²) in [5, 5.41) is 0.882. The number of aromatic nitrogens is 6. The van der Waals surface area contributed by atoms with Crippen LogP contribution in [0.4, 0.5) is 5.95 Å². The zero-order chi connectivity index (χ0) is 21.7. The fraction of sp³-hybridized carbons (Fsp3) is 0.174. The molecule has 0 aliphatic rings. The molecule has 0 bridgehead atoms. The molecule has 5 rings (SSSR count). The number of rotatable bonds is 3. The lowest BCUT2D eigenvalue weighted by molar-refractivity contribution is 0.840. The van der Waals surface area contributed by atoms with Crippen molar-refractivity contribution in [3.8, 4) is 16.8 Å². The molecule has 0 spiro atoms. The van der Waals surface area contributed by atoms with E-state index in [2.05, 4.69) is 19.9 Å².